The van der Waals surface area contributed by atoms with E-state index in [0.29, 0.717) is 0 Å². The molecule has 1 nitrogen and oxygen atoms in total. The van der Waals surface area contributed by atoms with Crippen molar-refractivity contribution in [2.45, 2.75) is 13.8 Å². The van der Waals surface area contributed by atoms with Gasteiger partial charge in [-0.1, -0.05) is 24.0 Å². The molecule has 0 N–H and O–H groups in total. The molecule has 0 atom stereocenters. The zero-order chi connectivity index (χ0) is 6.15. The maximum Gasteiger partial charge on any atom is 0.0301 e. The first kappa shape index (κ1) is 6.17. The van der Waals surface area contributed by atoms with E-state index in [0.717, 1.165) is 13.1 Å². The summed E-state index contributed by atoms with van der Waals surface area (Å²) >= 11 is 4.20. The summed E-state index contributed by atoms with van der Waals surface area (Å²) in [6, 6.07) is 0. The molecule has 0 bridgehead atoms. The fraction of sp³-hybridized carbons (Fsp3) is 0.667. The summed E-state index contributed by atoms with van der Waals surface area (Å²) in [7, 11) is 0. The van der Waals surface area contributed by atoms with Gasteiger partial charge in [0, 0.05) is 13.1 Å². The Labute approximate surface area is 55.9 Å². The summed E-state index contributed by atoms with van der Waals surface area (Å²) in [5, 5.41) is 0. The Morgan fingerprint density at radius 2 is 1.62 bits per heavy atom. The minimum absolute atomic E-state index is 1.04. The molecule has 0 aromatic rings. The lowest BCUT2D eigenvalue weighted by atomic mass is 10.2. The van der Waals surface area contributed by atoms with Crippen LogP contribution >= 0.6 is 12.8 Å². The molecule has 8 heavy (non-hydrogen) atoms. The van der Waals surface area contributed by atoms with Crippen LogP contribution in [0.15, 0.2) is 11.1 Å². The van der Waals surface area contributed by atoms with Crippen LogP contribution in [0.4, 0.5) is 0 Å². The number of thiol groups is 1. The van der Waals surface area contributed by atoms with Crippen molar-refractivity contribution >= 4 is 12.8 Å². The Kier molecular flexibility index (Phi) is 1.63. The summed E-state index contributed by atoms with van der Waals surface area (Å²) in [6.07, 6.45) is 0. The molecule has 1 rings (SSSR count). The predicted octanol–water partition coefficient (Wildman–Crippen LogP) is 1.48. The van der Waals surface area contributed by atoms with Crippen LogP contribution in [0.3, 0.4) is 0 Å². The molecule has 1 heterocycles. The van der Waals surface area contributed by atoms with Crippen LogP contribution in [0.1, 0.15) is 13.8 Å². The molecule has 0 aromatic carbocycles. The van der Waals surface area contributed by atoms with Crippen LogP contribution in [0, 0.1) is 0 Å². The van der Waals surface area contributed by atoms with Gasteiger partial charge in [0.1, 0.15) is 0 Å². The van der Waals surface area contributed by atoms with Crippen molar-refractivity contribution < 1.29 is 0 Å². The normalized spacial score (nSPS) is 22.9. The SMILES string of the molecule is CC1=C(C)CN(S)C1. The summed E-state index contributed by atoms with van der Waals surface area (Å²) in [6.45, 7) is 6.39. The smallest absolute Gasteiger partial charge is 0.0301 e. The van der Waals surface area contributed by atoms with Crippen molar-refractivity contribution in [1.29, 1.82) is 0 Å². The number of hydrogen-bond donors (Lipinski definition) is 1. The third-order valence-corrected chi connectivity index (χ3v) is 1.85. The Hall–Kier alpha value is 0.0500. The quantitative estimate of drug-likeness (QED) is 0.383. The molecule has 0 fully saturated rings. The Bertz CT molecular complexity index is 114. The van der Waals surface area contributed by atoms with Gasteiger partial charge in [-0.15, -0.1) is 0 Å². The first-order valence-corrected chi connectivity index (χ1v) is 3.19. The average molecular weight is 129 g/mol. The molecule has 0 amide bonds. The zero-order valence-corrected chi connectivity index (χ0v) is 6.20. The minimum atomic E-state index is 1.04. The molecule has 46 valence electrons. The summed E-state index contributed by atoms with van der Waals surface area (Å²) in [5.41, 5.74) is 2.94. The maximum atomic E-state index is 4.20. The largest absolute Gasteiger partial charge is 0.245 e. The van der Waals surface area contributed by atoms with Crippen LogP contribution in [-0.2, 0) is 0 Å². The number of rotatable bonds is 0. The molecule has 0 aliphatic carbocycles. The molecule has 0 radical (unpaired) electrons. The summed E-state index contributed by atoms with van der Waals surface area (Å²) in [5.74, 6) is 0. The van der Waals surface area contributed by atoms with Gasteiger partial charge in [0.25, 0.3) is 0 Å². The molecular formula is C6H11NS. The maximum absolute atomic E-state index is 4.20. The van der Waals surface area contributed by atoms with Gasteiger partial charge in [-0.05, 0) is 13.8 Å². The molecule has 1 aliphatic rings. The van der Waals surface area contributed by atoms with E-state index in [-0.39, 0.29) is 0 Å². The first-order chi connectivity index (χ1) is 3.70. The molecule has 2 heteroatoms. The average Bonchev–Trinajstić information content (AvgIpc) is 1.85. The van der Waals surface area contributed by atoms with Crippen molar-refractivity contribution in [3.8, 4) is 0 Å². The topological polar surface area (TPSA) is 3.24 Å². The van der Waals surface area contributed by atoms with E-state index in [1.54, 1.807) is 0 Å². The number of nitrogens with zero attached hydrogens (tertiary/aromatic N) is 1. The highest BCUT2D eigenvalue weighted by Gasteiger charge is 2.11. The van der Waals surface area contributed by atoms with E-state index in [1.807, 2.05) is 4.31 Å². The predicted molar refractivity (Wildman–Crippen MR) is 38.9 cm³/mol. The minimum Gasteiger partial charge on any atom is -0.245 e. The third-order valence-electron chi connectivity index (χ3n) is 1.57. The van der Waals surface area contributed by atoms with Crippen molar-refractivity contribution in [1.82, 2.24) is 4.31 Å². The molecule has 0 saturated carbocycles. The second-order valence-electron chi connectivity index (χ2n) is 2.38. The van der Waals surface area contributed by atoms with Gasteiger partial charge in [0.15, 0.2) is 0 Å². The molecule has 0 aromatic heterocycles. The van der Waals surface area contributed by atoms with E-state index in [1.165, 1.54) is 11.1 Å². The molecular weight excluding hydrogens is 118 g/mol. The van der Waals surface area contributed by atoms with Gasteiger partial charge in [-0.3, -0.25) is 0 Å². The van der Waals surface area contributed by atoms with Gasteiger partial charge >= 0.3 is 0 Å². The van der Waals surface area contributed by atoms with E-state index in [4.69, 9.17) is 0 Å². The Morgan fingerprint density at radius 1 is 1.25 bits per heavy atom. The molecule has 0 unspecified atom stereocenters. The molecule has 0 spiro atoms. The summed E-state index contributed by atoms with van der Waals surface area (Å²) in [4.78, 5) is 0. The lowest BCUT2D eigenvalue weighted by Crippen LogP contribution is -2.06. The van der Waals surface area contributed by atoms with Crippen molar-refractivity contribution in [3.05, 3.63) is 11.1 Å². The highest BCUT2D eigenvalue weighted by Crippen LogP contribution is 2.16. The van der Waals surface area contributed by atoms with E-state index in [9.17, 15) is 0 Å². The second kappa shape index (κ2) is 2.11. The highest BCUT2D eigenvalue weighted by atomic mass is 32.1. The fourth-order valence-electron chi connectivity index (χ4n) is 0.873. The van der Waals surface area contributed by atoms with Crippen LogP contribution in [0.5, 0.6) is 0 Å². The molecule has 0 saturated heterocycles. The fourth-order valence-corrected chi connectivity index (χ4v) is 1.30. The van der Waals surface area contributed by atoms with Crippen molar-refractivity contribution in [3.63, 3.8) is 0 Å². The first-order valence-electron chi connectivity index (χ1n) is 2.79. The highest BCUT2D eigenvalue weighted by molar-refractivity contribution is 7.77. The Morgan fingerprint density at radius 3 is 1.75 bits per heavy atom. The van der Waals surface area contributed by atoms with Crippen LogP contribution in [0.2, 0.25) is 0 Å². The van der Waals surface area contributed by atoms with Gasteiger partial charge in [-0.2, -0.15) is 0 Å². The van der Waals surface area contributed by atoms with Gasteiger partial charge in [0.05, 0.1) is 0 Å². The standard InChI is InChI=1S/C6H11NS/c1-5-3-7(8)4-6(5)2/h8H,3-4H2,1-2H3. The zero-order valence-electron chi connectivity index (χ0n) is 5.31. The van der Waals surface area contributed by atoms with Gasteiger partial charge in [0.2, 0.25) is 0 Å². The Balaban J connectivity index is 2.60. The monoisotopic (exact) mass is 129 g/mol. The van der Waals surface area contributed by atoms with E-state index in [2.05, 4.69) is 26.7 Å². The van der Waals surface area contributed by atoms with Crippen LogP contribution < -0.4 is 0 Å². The van der Waals surface area contributed by atoms with Crippen LogP contribution in [0.25, 0.3) is 0 Å². The number of hydrogen-bond acceptors (Lipinski definition) is 2. The third kappa shape index (κ3) is 1.06. The second-order valence-corrected chi connectivity index (χ2v) is 2.95. The van der Waals surface area contributed by atoms with Crippen LogP contribution in [-0.4, -0.2) is 17.4 Å². The van der Waals surface area contributed by atoms with E-state index >= 15 is 0 Å². The van der Waals surface area contributed by atoms with E-state index < -0.39 is 0 Å². The van der Waals surface area contributed by atoms with Crippen molar-refractivity contribution in [2.24, 2.45) is 0 Å². The van der Waals surface area contributed by atoms with Crippen molar-refractivity contribution in [2.75, 3.05) is 13.1 Å². The lowest BCUT2D eigenvalue weighted by molar-refractivity contribution is 0.602. The van der Waals surface area contributed by atoms with Gasteiger partial charge < -0.3 is 0 Å². The van der Waals surface area contributed by atoms with Gasteiger partial charge in [-0.25, -0.2) is 4.31 Å². The summed E-state index contributed by atoms with van der Waals surface area (Å²) < 4.78 is 2.02. The lowest BCUT2D eigenvalue weighted by Gasteiger charge is -2.02. The molecule has 1 aliphatic heterocycles.